The fraction of sp³-hybridized carbons (Fsp3) is 0.524. The molecular weight excluding hydrogens is 359 g/mol. The van der Waals surface area contributed by atoms with Gasteiger partial charge >= 0.3 is 0 Å². The van der Waals surface area contributed by atoms with Crippen LogP contribution in [0.2, 0.25) is 0 Å². The van der Waals surface area contributed by atoms with Crippen LogP contribution in [0.15, 0.2) is 36.7 Å². The highest BCUT2D eigenvalue weighted by Gasteiger charge is 2.38. The molecule has 1 unspecified atom stereocenters. The minimum atomic E-state index is -0.280. The second-order valence-electron chi connectivity index (χ2n) is 7.80. The number of rotatable bonds is 6. The molecule has 2 aliphatic rings. The molecule has 1 aromatic heterocycles. The zero-order chi connectivity index (χ0) is 19.5. The second-order valence-corrected chi connectivity index (χ2v) is 7.80. The van der Waals surface area contributed by atoms with Gasteiger partial charge in [-0.15, -0.1) is 0 Å². The first-order valence-electron chi connectivity index (χ1n) is 9.94. The molecule has 0 aliphatic carbocycles. The van der Waals surface area contributed by atoms with Crippen LogP contribution in [0, 0.1) is 11.7 Å². The first-order valence-corrected chi connectivity index (χ1v) is 9.94. The molecule has 1 N–H and O–H groups in total. The highest BCUT2D eigenvalue weighted by Crippen LogP contribution is 2.30. The lowest BCUT2D eigenvalue weighted by Crippen LogP contribution is -2.42. The zero-order valence-corrected chi connectivity index (χ0v) is 16.2. The normalized spacial score (nSPS) is 24.6. The van der Waals surface area contributed by atoms with Gasteiger partial charge in [0.25, 0.3) is 0 Å². The lowest BCUT2D eigenvalue weighted by atomic mass is 9.89. The molecule has 7 heteroatoms. The summed E-state index contributed by atoms with van der Waals surface area (Å²) in [4.78, 5) is 15.4. The maximum Gasteiger partial charge on any atom is 0.228 e. The summed E-state index contributed by atoms with van der Waals surface area (Å²) < 4.78 is 21.2. The van der Waals surface area contributed by atoms with E-state index in [9.17, 15) is 9.18 Å². The molecule has 2 aliphatic heterocycles. The molecule has 2 saturated heterocycles. The van der Waals surface area contributed by atoms with E-state index in [4.69, 9.17) is 4.74 Å². The minimum absolute atomic E-state index is 0.0590. The van der Waals surface area contributed by atoms with Crippen LogP contribution in [-0.2, 0) is 23.1 Å². The van der Waals surface area contributed by atoms with E-state index in [1.54, 1.807) is 10.7 Å². The number of benzene rings is 1. The average molecular weight is 386 g/mol. The number of aromatic nitrogens is 2. The van der Waals surface area contributed by atoms with Gasteiger partial charge in [0.05, 0.1) is 18.2 Å². The maximum atomic E-state index is 13.7. The number of hydrogen-bond acceptors (Lipinski definition) is 4. The number of carbonyl (C=O) groups is 1. The van der Waals surface area contributed by atoms with Crippen LogP contribution in [0.5, 0.6) is 0 Å². The van der Waals surface area contributed by atoms with E-state index in [1.165, 1.54) is 12.1 Å². The Morgan fingerprint density at radius 1 is 1.43 bits per heavy atom. The van der Waals surface area contributed by atoms with E-state index < -0.39 is 0 Å². The van der Waals surface area contributed by atoms with Gasteiger partial charge < -0.3 is 15.0 Å². The lowest BCUT2D eigenvalue weighted by molar-refractivity contribution is -0.137. The third-order valence-electron chi connectivity index (χ3n) is 5.71. The Labute approximate surface area is 164 Å². The van der Waals surface area contributed by atoms with Crippen molar-refractivity contribution in [2.75, 3.05) is 26.2 Å². The number of hydrogen-bond donors (Lipinski definition) is 1. The summed E-state index contributed by atoms with van der Waals surface area (Å²) in [6.07, 6.45) is 5.87. The Balaban J connectivity index is 1.54. The quantitative estimate of drug-likeness (QED) is 0.826. The summed E-state index contributed by atoms with van der Waals surface area (Å²) >= 11 is 0. The number of halogens is 1. The van der Waals surface area contributed by atoms with Crippen LogP contribution in [-0.4, -0.2) is 52.9 Å². The summed E-state index contributed by atoms with van der Waals surface area (Å²) in [7, 11) is 1.89. The molecule has 3 atom stereocenters. The molecule has 1 amide bonds. The second kappa shape index (κ2) is 8.41. The van der Waals surface area contributed by atoms with Crippen LogP contribution in [0.4, 0.5) is 4.39 Å². The van der Waals surface area contributed by atoms with Gasteiger partial charge in [-0.05, 0) is 36.1 Å². The number of nitrogens with one attached hydrogen (secondary N) is 1. The largest absolute Gasteiger partial charge is 0.376 e. The van der Waals surface area contributed by atoms with Gasteiger partial charge in [0, 0.05) is 51.9 Å². The van der Waals surface area contributed by atoms with Gasteiger partial charge in [-0.3, -0.25) is 9.48 Å². The van der Waals surface area contributed by atoms with E-state index in [1.807, 2.05) is 30.4 Å². The molecule has 0 spiro atoms. The van der Waals surface area contributed by atoms with Crippen molar-refractivity contribution in [3.8, 4) is 0 Å². The Hall–Kier alpha value is -2.25. The lowest BCUT2D eigenvalue weighted by Gasteiger charge is -2.30. The molecule has 2 fully saturated rings. The average Bonchev–Trinajstić information content (AvgIpc) is 3.42. The summed E-state index contributed by atoms with van der Waals surface area (Å²) in [5.74, 6) is -0.240. The number of nitrogens with zero attached hydrogens (tertiary/aromatic N) is 3. The topological polar surface area (TPSA) is 59.4 Å². The molecule has 3 heterocycles. The molecule has 1 aromatic carbocycles. The predicted molar refractivity (Wildman–Crippen MR) is 103 cm³/mol. The molecular formula is C21H27FN4O2. The number of ether oxygens (including phenoxy) is 1. The first-order chi connectivity index (χ1) is 13.6. The summed E-state index contributed by atoms with van der Waals surface area (Å²) in [5, 5.41) is 7.62. The van der Waals surface area contributed by atoms with Crippen LogP contribution in [0.25, 0.3) is 0 Å². The standard InChI is InChI=1S/C21H27FN4O2/c1-25-13-16(9-24-25)19-10-23-11-20(19)21(27)26(14-18-6-3-7-28-18)12-15-4-2-5-17(22)8-15/h2,4-5,8-9,13,18-20,23H,3,6-7,10-12,14H2,1H3/t18?,19-,20+/m1/s1. The summed E-state index contributed by atoms with van der Waals surface area (Å²) in [5.41, 5.74) is 1.88. The number of aryl methyl sites for hydroxylation is 1. The fourth-order valence-electron chi connectivity index (χ4n) is 4.28. The molecule has 4 rings (SSSR count). The highest BCUT2D eigenvalue weighted by molar-refractivity contribution is 5.80. The zero-order valence-electron chi connectivity index (χ0n) is 16.2. The Kier molecular flexibility index (Phi) is 5.73. The van der Waals surface area contributed by atoms with E-state index >= 15 is 0 Å². The van der Waals surface area contributed by atoms with Gasteiger partial charge in [0.15, 0.2) is 0 Å². The Morgan fingerprint density at radius 2 is 2.32 bits per heavy atom. The minimum Gasteiger partial charge on any atom is -0.376 e. The van der Waals surface area contributed by atoms with E-state index in [-0.39, 0.29) is 29.7 Å². The molecule has 0 radical (unpaired) electrons. The van der Waals surface area contributed by atoms with Crippen molar-refractivity contribution in [2.45, 2.75) is 31.4 Å². The molecule has 6 nitrogen and oxygen atoms in total. The van der Waals surface area contributed by atoms with Crippen LogP contribution in [0.1, 0.15) is 29.9 Å². The molecule has 0 bridgehead atoms. The van der Waals surface area contributed by atoms with Gasteiger partial charge in [0.1, 0.15) is 5.82 Å². The van der Waals surface area contributed by atoms with Gasteiger partial charge in [-0.1, -0.05) is 12.1 Å². The van der Waals surface area contributed by atoms with Crippen molar-refractivity contribution < 1.29 is 13.9 Å². The smallest absolute Gasteiger partial charge is 0.228 e. The fourth-order valence-corrected chi connectivity index (χ4v) is 4.28. The van der Waals surface area contributed by atoms with E-state index in [2.05, 4.69) is 10.4 Å². The van der Waals surface area contributed by atoms with Crippen LogP contribution < -0.4 is 5.32 Å². The van der Waals surface area contributed by atoms with E-state index in [0.717, 1.165) is 37.1 Å². The summed E-state index contributed by atoms with van der Waals surface area (Å²) in [6.45, 7) is 3.09. The monoisotopic (exact) mass is 386 g/mol. The van der Waals surface area contributed by atoms with Crippen LogP contribution in [0.3, 0.4) is 0 Å². The third-order valence-corrected chi connectivity index (χ3v) is 5.71. The van der Waals surface area contributed by atoms with Crippen molar-refractivity contribution in [1.29, 1.82) is 0 Å². The highest BCUT2D eigenvalue weighted by atomic mass is 19.1. The van der Waals surface area contributed by atoms with Gasteiger partial charge in [-0.25, -0.2) is 4.39 Å². The molecule has 0 saturated carbocycles. The molecule has 28 heavy (non-hydrogen) atoms. The number of amides is 1. The number of carbonyl (C=O) groups excluding carboxylic acids is 1. The third kappa shape index (κ3) is 4.25. The van der Waals surface area contributed by atoms with Crippen LogP contribution >= 0.6 is 0 Å². The van der Waals surface area contributed by atoms with Crippen molar-refractivity contribution >= 4 is 5.91 Å². The Morgan fingerprint density at radius 3 is 3.04 bits per heavy atom. The van der Waals surface area contributed by atoms with Crippen molar-refractivity contribution in [3.05, 3.63) is 53.6 Å². The SMILES string of the molecule is Cn1cc([C@H]2CNC[C@@H]2C(=O)N(Cc2cccc(F)c2)CC2CCCO2)cn1. The predicted octanol–water partition coefficient (Wildman–Crippen LogP) is 2.07. The molecule has 2 aromatic rings. The maximum absolute atomic E-state index is 13.7. The van der Waals surface area contributed by atoms with Crippen molar-refractivity contribution in [2.24, 2.45) is 13.0 Å². The van der Waals surface area contributed by atoms with Gasteiger partial charge in [0.2, 0.25) is 5.91 Å². The van der Waals surface area contributed by atoms with E-state index in [0.29, 0.717) is 19.6 Å². The van der Waals surface area contributed by atoms with Gasteiger partial charge in [-0.2, -0.15) is 5.10 Å². The Bertz CT molecular complexity index is 818. The van der Waals surface area contributed by atoms with Crippen molar-refractivity contribution in [3.63, 3.8) is 0 Å². The molecule has 150 valence electrons. The summed E-state index contributed by atoms with van der Waals surface area (Å²) in [6, 6.07) is 6.48. The van der Waals surface area contributed by atoms with Crippen molar-refractivity contribution in [1.82, 2.24) is 20.0 Å². The first kappa shape index (κ1) is 19.1.